The Bertz CT molecular complexity index is 656. The van der Waals surface area contributed by atoms with Gasteiger partial charge in [0.2, 0.25) is 0 Å². The average Bonchev–Trinajstić information content (AvgIpc) is 2.76. The topological polar surface area (TPSA) is 140 Å². The number of nitrogens with one attached hydrogen (secondary N) is 1. The van der Waals surface area contributed by atoms with E-state index in [2.05, 4.69) is 4.98 Å². The highest BCUT2D eigenvalue weighted by Gasteiger charge is 2.52. The molecule has 2 rings (SSSR count). The number of nitrogens with zero attached hydrogens (tertiary/aromatic N) is 1. The molecule has 0 bridgehead atoms. The van der Waals surface area contributed by atoms with Gasteiger partial charge in [-0.1, -0.05) is 0 Å². The molecule has 0 aromatic carbocycles. The van der Waals surface area contributed by atoms with E-state index in [-0.39, 0.29) is 0 Å². The van der Waals surface area contributed by atoms with Crippen LogP contribution in [0.2, 0.25) is 0 Å². The molecule has 2 heterocycles. The van der Waals surface area contributed by atoms with Gasteiger partial charge in [-0.2, -0.15) is 0 Å². The van der Waals surface area contributed by atoms with Crippen LogP contribution in [0.1, 0.15) is 13.2 Å². The third-order valence-corrected chi connectivity index (χ3v) is 3.73. The van der Waals surface area contributed by atoms with Gasteiger partial charge in [0.15, 0.2) is 12.3 Å². The van der Waals surface area contributed by atoms with Gasteiger partial charge in [0.05, 0.1) is 6.10 Å². The van der Waals surface area contributed by atoms with Gasteiger partial charge in [0, 0.05) is 23.9 Å². The van der Waals surface area contributed by atoms with Crippen LogP contribution in [0.5, 0.6) is 0 Å². The van der Waals surface area contributed by atoms with Gasteiger partial charge in [0.1, 0.15) is 12.2 Å². The Kier molecular flexibility index (Phi) is 5.22. The molecule has 22 heavy (non-hydrogen) atoms. The second-order valence-corrected chi connectivity index (χ2v) is 5.44. The number of aromatic amines is 1. The number of ether oxygens (including phenoxy) is 2. The quantitative estimate of drug-likeness (QED) is 0.574. The largest absolute Gasteiger partial charge is 0.695 e. The van der Waals surface area contributed by atoms with E-state index in [1.807, 2.05) is 0 Å². The minimum Gasteiger partial charge on any atom is -0.391 e. The van der Waals surface area contributed by atoms with Crippen LogP contribution in [0.4, 0.5) is 0 Å². The maximum atomic E-state index is 11.9. The van der Waals surface area contributed by atoms with Crippen molar-refractivity contribution in [1.29, 1.82) is 0 Å². The SMILES string of the molecule is CO[C@H]1C(O[P+](=O)O)[C@@H]([C@@H](C)O)O[C@H]1n1ccc(=O)[nH]c1=O. The van der Waals surface area contributed by atoms with Crippen LogP contribution in [0.25, 0.3) is 0 Å². The summed E-state index contributed by atoms with van der Waals surface area (Å²) >= 11 is 0. The van der Waals surface area contributed by atoms with Gasteiger partial charge in [-0.05, 0) is 6.92 Å². The molecule has 0 radical (unpaired) electrons. The first-order valence-electron chi connectivity index (χ1n) is 6.36. The van der Waals surface area contributed by atoms with Crippen molar-refractivity contribution in [3.05, 3.63) is 33.1 Å². The van der Waals surface area contributed by atoms with E-state index >= 15 is 0 Å². The molecule has 1 aliphatic heterocycles. The number of aromatic nitrogens is 2. The van der Waals surface area contributed by atoms with Crippen LogP contribution in [0.3, 0.4) is 0 Å². The Morgan fingerprint density at radius 2 is 2.14 bits per heavy atom. The normalized spacial score (nSPS) is 30.3. The second kappa shape index (κ2) is 6.78. The lowest BCUT2D eigenvalue weighted by molar-refractivity contribution is -0.0817. The maximum absolute atomic E-state index is 11.9. The van der Waals surface area contributed by atoms with E-state index in [0.29, 0.717) is 0 Å². The predicted octanol–water partition coefficient (Wildman–Crippen LogP) is -1.14. The Morgan fingerprint density at radius 3 is 2.64 bits per heavy atom. The van der Waals surface area contributed by atoms with Crippen LogP contribution in [0.15, 0.2) is 21.9 Å². The first-order valence-corrected chi connectivity index (χ1v) is 7.49. The molecule has 1 saturated heterocycles. The summed E-state index contributed by atoms with van der Waals surface area (Å²) in [5, 5.41) is 9.74. The molecular formula is C11H16N2O8P+. The van der Waals surface area contributed by atoms with Crippen molar-refractivity contribution in [2.45, 2.75) is 37.6 Å². The number of hydrogen-bond acceptors (Lipinski definition) is 7. The summed E-state index contributed by atoms with van der Waals surface area (Å²) in [4.78, 5) is 34.0. The summed E-state index contributed by atoms with van der Waals surface area (Å²) in [6, 6.07) is 1.12. The number of aliphatic hydroxyl groups is 1. The summed E-state index contributed by atoms with van der Waals surface area (Å²) in [6.07, 6.45) is -3.86. The lowest BCUT2D eigenvalue weighted by Crippen LogP contribution is -2.40. The fraction of sp³-hybridized carbons (Fsp3) is 0.636. The van der Waals surface area contributed by atoms with Gasteiger partial charge in [-0.15, -0.1) is 9.42 Å². The molecule has 1 aromatic heterocycles. The standard InChI is InChI=1S/C11H15N2O8P/c1-5(14)7-8(21-22(17)18)9(19-2)10(20-7)13-4-3-6(15)12-11(13)16/h3-5,7-10,14H,1-2H3,(H-,12,15,16,17,18)/p+1/t5-,7-,8?,9+,10-/m1/s1. The molecule has 0 amide bonds. The molecular weight excluding hydrogens is 319 g/mol. The molecule has 3 N–H and O–H groups in total. The van der Waals surface area contributed by atoms with Crippen LogP contribution >= 0.6 is 8.25 Å². The number of aliphatic hydroxyl groups excluding tert-OH is 1. The zero-order valence-corrected chi connectivity index (χ0v) is 12.7. The summed E-state index contributed by atoms with van der Waals surface area (Å²) in [7, 11) is -1.65. The Labute approximate surface area is 125 Å². The van der Waals surface area contributed by atoms with Crippen molar-refractivity contribution in [2.24, 2.45) is 0 Å². The third kappa shape index (κ3) is 3.32. The summed E-state index contributed by atoms with van der Waals surface area (Å²) < 4.78 is 27.6. The second-order valence-electron chi connectivity index (χ2n) is 4.76. The summed E-state index contributed by atoms with van der Waals surface area (Å²) in [5.74, 6) is 0. The van der Waals surface area contributed by atoms with Gasteiger partial charge in [-0.3, -0.25) is 14.3 Å². The predicted molar refractivity (Wildman–Crippen MR) is 72.4 cm³/mol. The monoisotopic (exact) mass is 335 g/mol. The van der Waals surface area contributed by atoms with Gasteiger partial charge >= 0.3 is 13.9 Å². The Hall–Kier alpha value is -1.42. The first kappa shape index (κ1) is 16.9. The molecule has 0 aliphatic carbocycles. The Morgan fingerprint density at radius 1 is 1.45 bits per heavy atom. The number of H-pyrrole nitrogens is 1. The van der Waals surface area contributed by atoms with Crippen molar-refractivity contribution in [3.63, 3.8) is 0 Å². The Balaban J connectivity index is 2.41. The highest BCUT2D eigenvalue weighted by atomic mass is 31.1. The lowest BCUT2D eigenvalue weighted by Gasteiger charge is -2.19. The molecule has 11 heteroatoms. The molecule has 1 aromatic rings. The van der Waals surface area contributed by atoms with Crippen molar-refractivity contribution < 1.29 is 28.6 Å². The molecule has 2 unspecified atom stereocenters. The first-order chi connectivity index (χ1) is 10.3. The van der Waals surface area contributed by atoms with Gasteiger partial charge in [0.25, 0.3) is 5.56 Å². The van der Waals surface area contributed by atoms with E-state index < -0.39 is 50.1 Å². The van der Waals surface area contributed by atoms with Gasteiger partial charge < -0.3 is 14.6 Å². The highest BCUT2D eigenvalue weighted by Crippen LogP contribution is 2.37. The third-order valence-electron chi connectivity index (χ3n) is 3.31. The fourth-order valence-corrected chi connectivity index (χ4v) is 2.83. The minimum atomic E-state index is -2.96. The zero-order chi connectivity index (χ0) is 16.4. The average molecular weight is 335 g/mol. The maximum Gasteiger partial charge on any atom is 0.695 e. The fourth-order valence-electron chi connectivity index (χ4n) is 2.38. The van der Waals surface area contributed by atoms with Crippen molar-refractivity contribution in [2.75, 3.05) is 7.11 Å². The molecule has 122 valence electrons. The van der Waals surface area contributed by atoms with Crippen LogP contribution in [-0.2, 0) is 18.6 Å². The van der Waals surface area contributed by atoms with Crippen LogP contribution < -0.4 is 11.2 Å². The molecule has 0 saturated carbocycles. The van der Waals surface area contributed by atoms with E-state index in [0.717, 1.165) is 10.6 Å². The summed E-state index contributed by atoms with van der Waals surface area (Å²) in [6.45, 7) is 1.41. The number of hydrogen-bond donors (Lipinski definition) is 3. The van der Waals surface area contributed by atoms with E-state index in [1.54, 1.807) is 0 Å². The molecule has 1 fully saturated rings. The van der Waals surface area contributed by atoms with Gasteiger partial charge in [-0.25, -0.2) is 4.79 Å². The highest BCUT2D eigenvalue weighted by molar-refractivity contribution is 7.32. The molecule has 0 spiro atoms. The van der Waals surface area contributed by atoms with Crippen molar-refractivity contribution >= 4 is 8.25 Å². The molecule has 1 aliphatic rings. The number of rotatable bonds is 5. The van der Waals surface area contributed by atoms with E-state index in [4.69, 9.17) is 18.9 Å². The van der Waals surface area contributed by atoms with E-state index in [1.165, 1.54) is 20.2 Å². The van der Waals surface area contributed by atoms with Crippen LogP contribution in [-0.4, -0.2) is 51.1 Å². The lowest BCUT2D eigenvalue weighted by atomic mass is 10.1. The van der Waals surface area contributed by atoms with E-state index in [9.17, 15) is 19.3 Å². The smallest absolute Gasteiger partial charge is 0.391 e. The number of methoxy groups -OCH3 is 1. The zero-order valence-electron chi connectivity index (χ0n) is 11.8. The molecule has 6 atom stereocenters. The van der Waals surface area contributed by atoms with Crippen LogP contribution in [0, 0.1) is 0 Å². The van der Waals surface area contributed by atoms with Crippen molar-refractivity contribution in [1.82, 2.24) is 9.55 Å². The summed E-state index contributed by atoms with van der Waals surface area (Å²) in [5.41, 5.74) is -1.32. The minimum absolute atomic E-state index is 0.577. The molecule has 10 nitrogen and oxygen atoms in total. The van der Waals surface area contributed by atoms with Crippen molar-refractivity contribution in [3.8, 4) is 0 Å².